The van der Waals surface area contributed by atoms with Crippen LogP contribution < -0.4 is 21.3 Å². The van der Waals surface area contributed by atoms with Gasteiger partial charge in [-0.2, -0.15) is 13.2 Å². The van der Waals surface area contributed by atoms with Gasteiger partial charge in [-0.3, -0.25) is 18.8 Å². The lowest BCUT2D eigenvalue weighted by molar-refractivity contribution is -0.192. The number of hydrogen-bond donors (Lipinski definition) is 4. The highest BCUT2D eigenvalue weighted by Gasteiger charge is 2.38. The molecule has 1 unspecified atom stereocenters. The van der Waals surface area contributed by atoms with Gasteiger partial charge in [0.1, 0.15) is 11.3 Å². The number of carbonyl (C=O) groups is 3. The normalized spacial score (nSPS) is 17.7. The van der Waals surface area contributed by atoms with Crippen LogP contribution in [0.5, 0.6) is 5.75 Å². The minimum atomic E-state index is -5.08. The van der Waals surface area contributed by atoms with E-state index in [1.165, 1.54) is 10.5 Å². The molecule has 0 bridgehead atoms. The van der Waals surface area contributed by atoms with E-state index >= 15 is 0 Å². The minimum Gasteiger partial charge on any atom is -0.492 e. The van der Waals surface area contributed by atoms with Gasteiger partial charge in [-0.15, -0.1) is 0 Å². The summed E-state index contributed by atoms with van der Waals surface area (Å²) in [5, 5.41) is 19.2. The summed E-state index contributed by atoms with van der Waals surface area (Å²) in [6.07, 6.45) is -0.0335. The molecule has 5 N–H and O–H groups in total. The highest BCUT2D eigenvalue weighted by Crippen LogP contribution is 2.25. The number of amides is 1. The van der Waals surface area contributed by atoms with Gasteiger partial charge in [-0.05, 0) is 50.1 Å². The summed E-state index contributed by atoms with van der Waals surface area (Å²) < 4.78 is 38.7. The Hall–Kier alpha value is -3.61. The molecule has 35 heavy (non-hydrogen) atoms. The molecular formula is C22H26F3N3O7. The highest BCUT2D eigenvalue weighted by atomic mass is 19.4. The quantitative estimate of drug-likeness (QED) is 0.419. The molecule has 2 aromatic heterocycles. The summed E-state index contributed by atoms with van der Waals surface area (Å²) in [6, 6.07) is 6.17. The molecular weight excluding hydrogens is 475 g/mol. The summed E-state index contributed by atoms with van der Waals surface area (Å²) in [5.41, 5.74) is 5.59. The van der Waals surface area contributed by atoms with Crippen LogP contribution in [0, 0.1) is 5.92 Å². The Morgan fingerprint density at radius 2 is 1.74 bits per heavy atom. The number of fused-ring (bicyclic) bond motifs is 1. The van der Waals surface area contributed by atoms with E-state index in [4.69, 9.17) is 20.4 Å². The van der Waals surface area contributed by atoms with Gasteiger partial charge in [-0.25, -0.2) is 4.79 Å². The first-order valence-corrected chi connectivity index (χ1v) is 10.8. The topological polar surface area (TPSA) is 160 Å². The second-order valence-electron chi connectivity index (χ2n) is 7.81. The van der Waals surface area contributed by atoms with Crippen molar-refractivity contribution in [1.29, 1.82) is 0 Å². The van der Waals surface area contributed by atoms with E-state index in [0.29, 0.717) is 43.7 Å². The predicted octanol–water partition coefficient (Wildman–Crippen LogP) is 2.03. The molecule has 1 aliphatic carbocycles. The van der Waals surface area contributed by atoms with Gasteiger partial charge in [0, 0.05) is 11.6 Å². The molecule has 2 heterocycles. The van der Waals surface area contributed by atoms with Gasteiger partial charge in [-0.1, -0.05) is 12.8 Å². The molecule has 1 saturated carbocycles. The number of nitrogens with zero attached hydrogens (tertiary/aromatic N) is 1. The van der Waals surface area contributed by atoms with Crippen LogP contribution >= 0.6 is 0 Å². The molecule has 0 aliphatic heterocycles. The molecule has 13 heteroatoms. The maximum atomic E-state index is 12.8. The number of carboxylic acids is 2. The van der Waals surface area contributed by atoms with Crippen molar-refractivity contribution in [3.63, 3.8) is 0 Å². The third-order valence-electron chi connectivity index (χ3n) is 5.33. The number of alkyl halides is 3. The van der Waals surface area contributed by atoms with E-state index in [1.54, 1.807) is 24.4 Å². The third kappa shape index (κ3) is 7.70. The van der Waals surface area contributed by atoms with Gasteiger partial charge in [0.2, 0.25) is 0 Å². The SMILES string of the molecule is NCCCOc1ccc2ccc(C(=O)NC3CCCC[C@@H]3C(=O)O)c(=O)n2c1.O=C(O)C(F)(F)F. The van der Waals surface area contributed by atoms with Gasteiger partial charge in [0.05, 0.1) is 18.7 Å². The first kappa shape index (κ1) is 27.6. The monoisotopic (exact) mass is 501 g/mol. The van der Waals surface area contributed by atoms with Crippen LogP contribution in [0.2, 0.25) is 0 Å². The molecule has 1 fully saturated rings. The van der Waals surface area contributed by atoms with Crippen molar-refractivity contribution >= 4 is 23.4 Å². The van der Waals surface area contributed by atoms with E-state index < -0.39 is 41.5 Å². The summed E-state index contributed by atoms with van der Waals surface area (Å²) >= 11 is 0. The summed E-state index contributed by atoms with van der Waals surface area (Å²) in [6.45, 7) is 0.950. The number of ether oxygens (including phenoxy) is 1. The lowest BCUT2D eigenvalue weighted by Gasteiger charge is -2.29. The standard InChI is InChI=1S/C20H25N3O5.C2HF3O2/c21-10-3-11-28-14-8-6-13-7-9-16(19(25)23(13)12-14)18(24)22-17-5-2-1-4-15(17)20(26)27;3-2(4,5)1(6)7/h6-9,12,15,17H,1-5,10-11,21H2,(H,22,24)(H,26,27);(H,6,7)/t15-,17?;/m0./s1. The van der Waals surface area contributed by atoms with E-state index in [-0.39, 0.29) is 5.56 Å². The Bertz CT molecular complexity index is 1120. The molecule has 1 amide bonds. The van der Waals surface area contributed by atoms with Crippen molar-refractivity contribution in [1.82, 2.24) is 9.72 Å². The molecule has 192 valence electrons. The maximum Gasteiger partial charge on any atom is 0.490 e. The number of nitrogens with one attached hydrogen (secondary N) is 1. The van der Waals surface area contributed by atoms with Crippen molar-refractivity contribution in [2.45, 2.75) is 44.3 Å². The molecule has 0 aromatic carbocycles. The summed E-state index contributed by atoms with van der Waals surface area (Å²) in [4.78, 5) is 45.8. The van der Waals surface area contributed by atoms with Crippen molar-refractivity contribution in [3.8, 4) is 5.75 Å². The van der Waals surface area contributed by atoms with Crippen LogP contribution in [0.1, 0.15) is 42.5 Å². The van der Waals surface area contributed by atoms with Crippen LogP contribution in [-0.2, 0) is 9.59 Å². The number of carboxylic acid groups (broad SMARTS) is 2. The average molecular weight is 501 g/mol. The van der Waals surface area contributed by atoms with Crippen LogP contribution in [-0.4, -0.2) is 57.8 Å². The Morgan fingerprint density at radius 1 is 1.11 bits per heavy atom. The number of pyridine rings is 2. The molecule has 10 nitrogen and oxygen atoms in total. The minimum absolute atomic E-state index is 0.0219. The van der Waals surface area contributed by atoms with Gasteiger partial charge < -0.3 is 26.0 Å². The molecule has 3 rings (SSSR count). The Labute approximate surface area is 197 Å². The summed E-state index contributed by atoms with van der Waals surface area (Å²) in [7, 11) is 0. The van der Waals surface area contributed by atoms with E-state index in [2.05, 4.69) is 5.32 Å². The smallest absolute Gasteiger partial charge is 0.490 e. The van der Waals surface area contributed by atoms with E-state index in [9.17, 15) is 32.7 Å². The molecule has 0 saturated heterocycles. The second kappa shape index (κ2) is 12.2. The Balaban J connectivity index is 0.000000540. The molecule has 0 radical (unpaired) electrons. The predicted molar refractivity (Wildman–Crippen MR) is 117 cm³/mol. The fourth-order valence-corrected chi connectivity index (χ4v) is 3.55. The molecule has 2 aromatic rings. The summed E-state index contributed by atoms with van der Waals surface area (Å²) in [5.74, 6) is -4.33. The average Bonchev–Trinajstić information content (AvgIpc) is 2.79. The van der Waals surface area contributed by atoms with Gasteiger partial charge >= 0.3 is 18.1 Å². The van der Waals surface area contributed by atoms with Crippen molar-refractivity contribution in [2.24, 2.45) is 11.7 Å². The highest BCUT2D eigenvalue weighted by molar-refractivity contribution is 5.94. The lowest BCUT2D eigenvalue weighted by atomic mass is 9.84. The first-order valence-electron chi connectivity index (χ1n) is 10.8. The van der Waals surface area contributed by atoms with E-state index in [1.807, 2.05) is 0 Å². The molecule has 0 spiro atoms. The number of aliphatic carboxylic acids is 2. The Morgan fingerprint density at radius 3 is 2.34 bits per heavy atom. The zero-order chi connectivity index (χ0) is 26.2. The third-order valence-corrected chi connectivity index (χ3v) is 5.33. The van der Waals surface area contributed by atoms with Crippen LogP contribution in [0.4, 0.5) is 13.2 Å². The number of nitrogens with two attached hydrogens (primary N) is 1. The first-order chi connectivity index (χ1) is 16.5. The number of carbonyl (C=O) groups excluding carboxylic acids is 1. The molecule has 2 atom stereocenters. The fourth-order valence-electron chi connectivity index (χ4n) is 3.55. The number of rotatable bonds is 7. The van der Waals surface area contributed by atoms with Crippen molar-refractivity contribution in [3.05, 3.63) is 46.4 Å². The number of halogens is 3. The molecule has 1 aliphatic rings. The number of aromatic nitrogens is 1. The van der Waals surface area contributed by atoms with Crippen LogP contribution in [0.25, 0.3) is 5.52 Å². The van der Waals surface area contributed by atoms with E-state index in [0.717, 1.165) is 12.8 Å². The van der Waals surface area contributed by atoms with Gasteiger partial charge in [0.15, 0.2) is 0 Å². The lowest BCUT2D eigenvalue weighted by Crippen LogP contribution is -2.46. The fraction of sp³-hybridized carbons (Fsp3) is 0.455. The largest absolute Gasteiger partial charge is 0.492 e. The van der Waals surface area contributed by atoms with Crippen molar-refractivity contribution < 1.29 is 42.5 Å². The second-order valence-corrected chi connectivity index (χ2v) is 7.81. The maximum absolute atomic E-state index is 12.8. The van der Waals surface area contributed by atoms with Gasteiger partial charge in [0.25, 0.3) is 11.5 Å². The van der Waals surface area contributed by atoms with Crippen LogP contribution in [0.15, 0.2) is 35.3 Å². The van der Waals surface area contributed by atoms with Crippen LogP contribution in [0.3, 0.4) is 0 Å². The number of hydrogen-bond acceptors (Lipinski definition) is 6. The zero-order valence-corrected chi connectivity index (χ0v) is 18.6. The Kier molecular flexibility index (Phi) is 9.63. The zero-order valence-electron chi connectivity index (χ0n) is 18.6. The van der Waals surface area contributed by atoms with Crippen molar-refractivity contribution in [2.75, 3.05) is 13.2 Å².